The molecule has 2 heterocycles. The fraction of sp³-hybridized carbons (Fsp3) is 0.200. The molecule has 0 unspecified atom stereocenters. The Labute approximate surface area is 216 Å². The average molecular weight is 527 g/mol. The number of anilines is 1. The van der Waals surface area contributed by atoms with Gasteiger partial charge in [0.2, 0.25) is 5.91 Å². The van der Waals surface area contributed by atoms with Gasteiger partial charge in [-0.1, -0.05) is 65.3 Å². The number of thioether (sulfide) groups is 1. The maximum atomic E-state index is 12.8. The molecule has 10 heteroatoms. The first kappa shape index (κ1) is 25.0. The number of methoxy groups -OCH3 is 1. The third-order valence-corrected chi connectivity index (χ3v) is 7.47. The first-order chi connectivity index (χ1) is 16.9. The fourth-order valence-corrected chi connectivity index (χ4v) is 5.51. The highest BCUT2D eigenvalue weighted by Gasteiger charge is 2.23. The highest BCUT2D eigenvalue weighted by Crippen LogP contribution is 2.36. The number of halogens is 1. The van der Waals surface area contributed by atoms with E-state index in [4.69, 9.17) is 16.3 Å². The van der Waals surface area contributed by atoms with Gasteiger partial charge >= 0.3 is 5.97 Å². The van der Waals surface area contributed by atoms with Gasteiger partial charge < -0.3 is 14.6 Å². The van der Waals surface area contributed by atoms with E-state index in [1.165, 1.54) is 30.2 Å². The number of carbonyl (C=O) groups excluding carboxylic acids is 2. The Morgan fingerprint density at radius 3 is 2.54 bits per heavy atom. The summed E-state index contributed by atoms with van der Waals surface area (Å²) in [5.74, 6) is -0.0174. The molecule has 0 saturated carbocycles. The predicted octanol–water partition coefficient (Wildman–Crippen LogP) is 6.17. The Balaban J connectivity index is 1.51. The molecule has 4 aromatic rings. The van der Waals surface area contributed by atoms with Crippen LogP contribution in [0.3, 0.4) is 0 Å². The smallest absolute Gasteiger partial charge is 0.341 e. The number of esters is 1. The van der Waals surface area contributed by atoms with E-state index >= 15 is 0 Å². The van der Waals surface area contributed by atoms with Crippen LogP contribution < -0.4 is 5.32 Å². The summed E-state index contributed by atoms with van der Waals surface area (Å²) in [7, 11) is 1.33. The minimum Gasteiger partial charge on any atom is -0.465 e. The van der Waals surface area contributed by atoms with Crippen LogP contribution in [0.25, 0.3) is 22.5 Å². The third kappa shape index (κ3) is 5.42. The van der Waals surface area contributed by atoms with Gasteiger partial charge in [0.15, 0.2) is 11.0 Å². The highest BCUT2D eigenvalue weighted by atomic mass is 35.5. The zero-order valence-corrected chi connectivity index (χ0v) is 21.8. The number of amides is 1. The molecule has 0 aliphatic heterocycles. The molecule has 0 bridgehead atoms. The molecule has 1 N–H and O–H groups in total. The largest absolute Gasteiger partial charge is 0.465 e. The molecule has 4 rings (SSSR count). The van der Waals surface area contributed by atoms with Gasteiger partial charge in [0, 0.05) is 23.1 Å². The van der Waals surface area contributed by atoms with Crippen molar-refractivity contribution in [2.75, 3.05) is 18.2 Å². The summed E-state index contributed by atoms with van der Waals surface area (Å²) in [4.78, 5) is 25.4. The van der Waals surface area contributed by atoms with Gasteiger partial charge in [-0.25, -0.2) is 4.79 Å². The number of benzene rings is 2. The van der Waals surface area contributed by atoms with Gasteiger partial charge in [0.1, 0.15) is 10.6 Å². The Bertz CT molecular complexity index is 1370. The Morgan fingerprint density at radius 1 is 1.11 bits per heavy atom. The zero-order valence-electron chi connectivity index (χ0n) is 19.4. The number of hydrogen-bond acceptors (Lipinski definition) is 7. The minimum absolute atomic E-state index is 0.0963. The predicted molar refractivity (Wildman–Crippen MR) is 141 cm³/mol. The van der Waals surface area contributed by atoms with Gasteiger partial charge in [-0.15, -0.1) is 21.5 Å². The van der Waals surface area contributed by atoms with Crippen molar-refractivity contribution in [1.29, 1.82) is 0 Å². The molecule has 35 heavy (non-hydrogen) atoms. The number of ether oxygens (including phenoxy) is 1. The highest BCUT2D eigenvalue weighted by molar-refractivity contribution is 7.99. The molecule has 1 amide bonds. The molecule has 0 aliphatic rings. The average Bonchev–Trinajstić information content (AvgIpc) is 3.47. The van der Waals surface area contributed by atoms with Crippen molar-refractivity contribution in [1.82, 2.24) is 14.8 Å². The van der Waals surface area contributed by atoms with Gasteiger partial charge in [-0.3, -0.25) is 4.79 Å². The maximum Gasteiger partial charge on any atom is 0.341 e. The second kappa shape index (κ2) is 11.1. The quantitative estimate of drug-likeness (QED) is 0.218. The first-order valence-corrected chi connectivity index (χ1v) is 13.0. The number of aromatic nitrogens is 3. The first-order valence-electron chi connectivity index (χ1n) is 10.8. The summed E-state index contributed by atoms with van der Waals surface area (Å²) in [6.07, 6.45) is 0. The molecule has 0 radical (unpaired) electrons. The summed E-state index contributed by atoms with van der Waals surface area (Å²) in [6, 6.07) is 15.3. The number of rotatable bonds is 8. The zero-order chi connectivity index (χ0) is 24.9. The summed E-state index contributed by atoms with van der Waals surface area (Å²) in [5.41, 5.74) is 3.85. The summed E-state index contributed by atoms with van der Waals surface area (Å²) < 4.78 is 6.91. The van der Waals surface area contributed by atoms with E-state index in [0.29, 0.717) is 33.1 Å². The lowest BCUT2D eigenvalue weighted by atomic mass is 10.0. The van der Waals surface area contributed by atoms with E-state index in [0.717, 1.165) is 22.3 Å². The standard InChI is InChI=1S/C25H23ClN4O3S2/c1-4-30-22(17-7-5-6-8-19(17)26)28-29-25(30)35-14-20(31)27-23-21(24(32)33-3)18(13-34-23)16-11-9-15(2)10-12-16/h5-13H,4,14H2,1-3H3,(H,27,31). The molecular weight excluding hydrogens is 504 g/mol. The number of hydrogen-bond donors (Lipinski definition) is 1. The van der Waals surface area contributed by atoms with Crippen LogP contribution in [-0.4, -0.2) is 39.5 Å². The number of nitrogens with one attached hydrogen (secondary N) is 1. The van der Waals surface area contributed by atoms with Gasteiger partial charge in [-0.05, 0) is 31.5 Å². The van der Waals surface area contributed by atoms with E-state index in [2.05, 4.69) is 15.5 Å². The number of carbonyl (C=O) groups is 2. The van der Waals surface area contributed by atoms with Crippen molar-refractivity contribution < 1.29 is 14.3 Å². The van der Waals surface area contributed by atoms with E-state index in [1.807, 2.05) is 66.3 Å². The molecule has 0 spiro atoms. The summed E-state index contributed by atoms with van der Waals surface area (Å²) >= 11 is 8.89. The van der Waals surface area contributed by atoms with Gasteiger partial charge in [0.05, 0.1) is 17.9 Å². The van der Waals surface area contributed by atoms with Crippen LogP contribution in [0.2, 0.25) is 5.02 Å². The molecule has 7 nitrogen and oxygen atoms in total. The molecule has 2 aromatic heterocycles. The second-order valence-electron chi connectivity index (χ2n) is 7.58. The summed E-state index contributed by atoms with van der Waals surface area (Å²) in [5, 5.41) is 14.9. The van der Waals surface area contributed by atoms with Gasteiger partial charge in [0.25, 0.3) is 0 Å². The monoisotopic (exact) mass is 526 g/mol. The lowest BCUT2D eigenvalue weighted by Gasteiger charge is -2.09. The van der Waals surface area contributed by atoms with Crippen molar-refractivity contribution in [3.8, 4) is 22.5 Å². The Kier molecular flexibility index (Phi) is 7.90. The molecule has 180 valence electrons. The molecular formula is C25H23ClN4O3S2. The second-order valence-corrected chi connectivity index (χ2v) is 9.81. The van der Waals surface area contributed by atoms with Crippen LogP contribution in [0.5, 0.6) is 0 Å². The molecule has 2 aromatic carbocycles. The number of thiophene rings is 1. The number of aryl methyl sites for hydroxylation is 1. The van der Waals surface area contributed by atoms with E-state index in [1.54, 1.807) is 6.07 Å². The number of nitrogens with zero attached hydrogens (tertiary/aromatic N) is 3. The molecule has 0 fully saturated rings. The Morgan fingerprint density at radius 2 is 1.86 bits per heavy atom. The van der Waals surface area contributed by atoms with E-state index in [-0.39, 0.29) is 11.7 Å². The van der Waals surface area contributed by atoms with Crippen molar-refractivity contribution in [2.24, 2.45) is 0 Å². The normalized spacial score (nSPS) is 10.9. The maximum absolute atomic E-state index is 12.8. The minimum atomic E-state index is -0.500. The van der Waals surface area contributed by atoms with Crippen LogP contribution in [0.15, 0.2) is 59.1 Å². The van der Waals surface area contributed by atoms with Crippen molar-refractivity contribution in [3.05, 3.63) is 70.1 Å². The van der Waals surface area contributed by atoms with Crippen LogP contribution in [0, 0.1) is 6.92 Å². The van der Waals surface area contributed by atoms with Crippen LogP contribution in [-0.2, 0) is 16.1 Å². The van der Waals surface area contributed by atoms with Gasteiger partial charge in [-0.2, -0.15) is 0 Å². The summed E-state index contributed by atoms with van der Waals surface area (Å²) in [6.45, 7) is 4.60. The third-order valence-electron chi connectivity index (χ3n) is 5.28. The fourth-order valence-electron chi connectivity index (χ4n) is 3.52. The Hall–Kier alpha value is -3.14. The van der Waals surface area contributed by atoms with Crippen LogP contribution >= 0.6 is 34.7 Å². The molecule has 0 aliphatic carbocycles. The van der Waals surface area contributed by atoms with Crippen LogP contribution in [0.1, 0.15) is 22.8 Å². The lowest BCUT2D eigenvalue weighted by molar-refractivity contribution is -0.113. The molecule has 0 atom stereocenters. The topological polar surface area (TPSA) is 86.1 Å². The van der Waals surface area contributed by atoms with Crippen LogP contribution in [0.4, 0.5) is 5.00 Å². The van der Waals surface area contributed by atoms with Crippen molar-refractivity contribution in [3.63, 3.8) is 0 Å². The lowest BCUT2D eigenvalue weighted by Crippen LogP contribution is -2.16. The van der Waals surface area contributed by atoms with Crippen molar-refractivity contribution in [2.45, 2.75) is 25.5 Å². The molecule has 0 saturated heterocycles. The van der Waals surface area contributed by atoms with E-state index in [9.17, 15) is 9.59 Å². The SMILES string of the molecule is CCn1c(SCC(=O)Nc2scc(-c3ccc(C)cc3)c2C(=O)OC)nnc1-c1ccccc1Cl. The van der Waals surface area contributed by atoms with Crippen molar-refractivity contribution >= 4 is 51.6 Å². The van der Waals surface area contributed by atoms with E-state index < -0.39 is 5.97 Å².